The summed E-state index contributed by atoms with van der Waals surface area (Å²) in [6.07, 6.45) is 11.5. The van der Waals surface area contributed by atoms with E-state index in [4.69, 9.17) is 0 Å². The Morgan fingerprint density at radius 1 is 1.06 bits per heavy atom. The Balaban J connectivity index is 1.56. The second-order valence-electron chi connectivity index (χ2n) is 6.39. The summed E-state index contributed by atoms with van der Waals surface area (Å²) in [5.74, 6) is 1.93. The van der Waals surface area contributed by atoms with Crippen molar-refractivity contribution in [2.75, 3.05) is 6.54 Å². The molecule has 0 amide bonds. The maximum atomic E-state index is 9.46. The predicted octanol–water partition coefficient (Wildman–Crippen LogP) is 3.10. The number of hydrogen-bond acceptors (Lipinski definition) is 2. The van der Waals surface area contributed by atoms with Crippen molar-refractivity contribution in [3.63, 3.8) is 0 Å². The lowest BCUT2D eigenvalue weighted by Crippen LogP contribution is -2.35. The van der Waals surface area contributed by atoms with E-state index in [1.54, 1.807) is 0 Å². The summed E-state index contributed by atoms with van der Waals surface area (Å²) in [5.41, 5.74) is 0. The quantitative estimate of drug-likeness (QED) is 0.790. The average molecular weight is 239 g/mol. The minimum atomic E-state index is -0.0211. The highest BCUT2D eigenvalue weighted by Crippen LogP contribution is 2.30. The molecule has 0 spiro atoms. The molecule has 0 aromatic rings. The van der Waals surface area contributed by atoms with Crippen LogP contribution in [0.4, 0.5) is 0 Å². The molecule has 0 aromatic carbocycles. The van der Waals surface area contributed by atoms with E-state index in [1.807, 2.05) is 0 Å². The molecule has 2 aliphatic rings. The van der Waals surface area contributed by atoms with Crippen molar-refractivity contribution in [3.8, 4) is 0 Å². The predicted molar refractivity (Wildman–Crippen MR) is 72.0 cm³/mol. The van der Waals surface area contributed by atoms with E-state index in [0.717, 1.165) is 24.7 Å². The standard InChI is InChI=1S/C15H29NO/c1-12-3-2-4-13(11-12)9-10-16-14-5-7-15(17)8-6-14/h12-17H,2-11H2,1H3. The second kappa shape index (κ2) is 6.75. The molecule has 2 saturated carbocycles. The SMILES string of the molecule is CC1CCCC(CCNC2CCC(O)CC2)C1. The Hall–Kier alpha value is -0.0800. The average Bonchev–Trinajstić information content (AvgIpc) is 2.32. The van der Waals surface area contributed by atoms with Gasteiger partial charge >= 0.3 is 0 Å². The molecule has 0 aromatic heterocycles. The minimum Gasteiger partial charge on any atom is -0.393 e. The summed E-state index contributed by atoms with van der Waals surface area (Å²) >= 11 is 0. The molecule has 0 aliphatic heterocycles. The van der Waals surface area contributed by atoms with Gasteiger partial charge in [-0.3, -0.25) is 0 Å². The van der Waals surface area contributed by atoms with Crippen LogP contribution in [0, 0.1) is 11.8 Å². The lowest BCUT2D eigenvalue weighted by atomic mass is 9.81. The van der Waals surface area contributed by atoms with Gasteiger partial charge in [-0.2, -0.15) is 0 Å². The number of aliphatic hydroxyl groups is 1. The molecule has 2 unspecified atom stereocenters. The molecule has 17 heavy (non-hydrogen) atoms. The summed E-state index contributed by atoms with van der Waals surface area (Å²) in [6, 6.07) is 0.680. The van der Waals surface area contributed by atoms with Gasteiger partial charge in [-0.05, 0) is 56.9 Å². The van der Waals surface area contributed by atoms with Crippen molar-refractivity contribution in [3.05, 3.63) is 0 Å². The van der Waals surface area contributed by atoms with Gasteiger partial charge in [0.15, 0.2) is 0 Å². The number of aliphatic hydroxyl groups excluding tert-OH is 1. The highest BCUT2D eigenvalue weighted by molar-refractivity contribution is 4.77. The van der Waals surface area contributed by atoms with Gasteiger partial charge in [0.1, 0.15) is 0 Å². The summed E-state index contributed by atoms with van der Waals surface area (Å²) < 4.78 is 0. The first-order valence-electron chi connectivity index (χ1n) is 7.65. The van der Waals surface area contributed by atoms with Crippen LogP contribution in [-0.2, 0) is 0 Å². The van der Waals surface area contributed by atoms with Crippen molar-refractivity contribution in [1.29, 1.82) is 0 Å². The molecule has 2 fully saturated rings. The minimum absolute atomic E-state index is 0.0211. The first-order valence-corrected chi connectivity index (χ1v) is 7.65. The molecule has 2 aliphatic carbocycles. The third-order valence-electron chi connectivity index (χ3n) is 4.73. The zero-order chi connectivity index (χ0) is 12.1. The van der Waals surface area contributed by atoms with Crippen LogP contribution in [0.1, 0.15) is 64.7 Å². The fourth-order valence-electron chi connectivity index (χ4n) is 3.59. The summed E-state index contributed by atoms with van der Waals surface area (Å²) in [5, 5.41) is 13.2. The van der Waals surface area contributed by atoms with Gasteiger partial charge in [0.25, 0.3) is 0 Å². The van der Waals surface area contributed by atoms with E-state index >= 15 is 0 Å². The van der Waals surface area contributed by atoms with E-state index in [0.29, 0.717) is 6.04 Å². The number of hydrogen-bond donors (Lipinski definition) is 2. The van der Waals surface area contributed by atoms with Crippen LogP contribution in [0.15, 0.2) is 0 Å². The first kappa shape index (κ1) is 13.4. The van der Waals surface area contributed by atoms with Crippen molar-refractivity contribution in [1.82, 2.24) is 5.32 Å². The number of nitrogens with one attached hydrogen (secondary N) is 1. The van der Waals surface area contributed by atoms with Crippen LogP contribution in [0.5, 0.6) is 0 Å². The molecular formula is C15H29NO. The summed E-state index contributed by atoms with van der Waals surface area (Å²) in [6.45, 7) is 3.60. The molecule has 0 heterocycles. The molecule has 0 bridgehead atoms. The monoisotopic (exact) mass is 239 g/mol. The fraction of sp³-hybridized carbons (Fsp3) is 1.00. The molecular weight excluding hydrogens is 210 g/mol. The van der Waals surface area contributed by atoms with Gasteiger partial charge in [0.2, 0.25) is 0 Å². The molecule has 0 radical (unpaired) electrons. The van der Waals surface area contributed by atoms with Gasteiger partial charge in [-0.25, -0.2) is 0 Å². The summed E-state index contributed by atoms with van der Waals surface area (Å²) in [4.78, 5) is 0. The molecule has 2 atom stereocenters. The van der Waals surface area contributed by atoms with Crippen LogP contribution < -0.4 is 5.32 Å². The van der Waals surface area contributed by atoms with Gasteiger partial charge in [-0.15, -0.1) is 0 Å². The van der Waals surface area contributed by atoms with Crippen LogP contribution in [0.3, 0.4) is 0 Å². The zero-order valence-electron chi connectivity index (χ0n) is 11.3. The zero-order valence-corrected chi connectivity index (χ0v) is 11.3. The topological polar surface area (TPSA) is 32.3 Å². The van der Waals surface area contributed by atoms with Crippen molar-refractivity contribution >= 4 is 0 Å². The molecule has 2 heteroatoms. The Labute approximate surface area is 106 Å². The van der Waals surface area contributed by atoms with Crippen LogP contribution in [0.25, 0.3) is 0 Å². The Kier molecular flexibility index (Phi) is 5.30. The summed E-state index contributed by atoms with van der Waals surface area (Å²) in [7, 11) is 0. The normalized spacial score (nSPS) is 39.2. The number of rotatable bonds is 4. The largest absolute Gasteiger partial charge is 0.393 e. The smallest absolute Gasteiger partial charge is 0.0541 e. The van der Waals surface area contributed by atoms with Crippen LogP contribution in [0.2, 0.25) is 0 Å². The van der Waals surface area contributed by atoms with E-state index in [-0.39, 0.29) is 6.10 Å². The van der Waals surface area contributed by atoms with E-state index < -0.39 is 0 Å². The van der Waals surface area contributed by atoms with Crippen molar-refractivity contribution < 1.29 is 5.11 Å². The second-order valence-corrected chi connectivity index (χ2v) is 6.39. The van der Waals surface area contributed by atoms with Crippen molar-refractivity contribution in [2.24, 2.45) is 11.8 Å². The molecule has 100 valence electrons. The van der Waals surface area contributed by atoms with Gasteiger partial charge in [0, 0.05) is 6.04 Å². The van der Waals surface area contributed by atoms with E-state index in [2.05, 4.69) is 12.2 Å². The lowest BCUT2D eigenvalue weighted by molar-refractivity contribution is 0.116. The molecule has 0 saturated heterocycles. The van der Waals surface area contributed by atoms with Gasteiger partial charge in [0.05, 0.1) is 6.10 Å². The molecule has 2 N–H and O–H groups in total. The van der Waals surface area contributed by atoms with Gasteiger partial charge in [-0.1, -0.05) is 26.2 Å². The third-order valence-corrected chi connectivity index (χ3v) is 4.73. The van der Waals surface area contributed by atoms with E-state index in [1.165, 1.54) is 51.5 Å². The maximum Gasteiger partial charge on any atom is 0.0541 e. The first-order chi connectivity index (χ1) is 8.24. The van der Waals surface area contributed by atoms with Crippen molar-refractivity contribution in [2.45, 2.75) is 76.9 Å². The maximum absolute atomic E-state index is 9.46. The Bertz CT molecular complexity index is 211. The van der Waals surface area contributed by atoms with E-state index in [9.17, 15) is 5.11 Å². The van der Waals surface area contributed by atoms with Gasteiger partial charge < -0.3 is 10.4 Å². The Morgan fingerprint density at radius 3 is 2.53 bits per heavy atom. The van der Waals surface area contributed by atoms with Crippen LogP contribution in [-0.4, -0.2) is 23.8 Å². The highest BCUT2D eigenvalue weighted by atomic mass is 16.3. The third kappa shape index (κ3) is 4.59. The highest BCUT2D eigenvalue weighted by Gasteiger charge is 2.21. The molecule has 2 nitrogen and oxygen atoms in total. The fourth-order valence-corrected chi connectivity index (χ4v) is 3.59. The lowest BCUT2D eigenvalue weighted by Gasteiger charge is -2.29. The van der Waals surface area contributed by atoms with Crippen LogP contribution >= 0.6 is 0 Å². The Morgan fingerprint density at radius 2 is 1.82 bits per heavy atom. The molecule has 2 rings (SSSR count).